The molecule has 242 valence electrons. The van der Waals surface area contributed by atoms with Crippen molar-refractivity contribution in [2.75, 3.05) is 13.3 Å². The zero-order valence-corrected chi connectivity index (χ0v) is 26.4. The summed E-state index contributed by atoms with van der Waals surface area (Å²) in [6, 6.07) is 7.20. The minimum absolute atomic E-state index is 0.0300. The molecule has 0 bridgehead atoms. The molecule has 0 saturated heterocycles. The molecule has 2 N–H and O–H groups in total. The lowest BCUT2D eigenvalue weighted by atomic mass is 10.0. The van der Waals surface area contributed by atoms with E-state index in [1.165, 1.54) is 0 Å². The number of nitrogens with one attached hydrogen (secondary N) is 1. The Morgan fingerprint density at radius 1 is 1.13 bits per heavy atom. The highest BCUT2D eigenvalue weighted by Gasteiger charge is 2.41. The fraction of sp³-hybridized carbons (Fsp3) is 0.433. The third-order valence-electron chi connectivity index (χ3n) is 7.96. The third-order valence-corrected chi connectivity index (χ3v) is 9.08. The van der Waals surface area contributed by atoms with Crippen LogP contribution in [0.2, 0.25) is 0 Å². The number of nitrogens with zero attached hydrogens (tertiary/aromatic N) is 4. The molecule has 3 aromatic rings. The summed E-state index contributed by atoms with van der Waals surface area (Å²) < 4.78 is 57.3. The first-order valence-electron chi connectivity index (χ1n) is 14.1. The van der Waals surface area contributed by atoms with Gasteiger partial charge in [-0.05, 0) is 87.4 Å². The van der Waals surface area contributed by atoms with Gasteiger partial charge in [0, 0.05) is 43.8 Å². The number of carbonyl (C=O) groups excluding carboxylic acids is 2. The van der Waals surface area contributed by atoms with Crippen molar-refractivity contribution < 1.29 is 41.1 Å². The van der Waals surface area contributed by atoms with Gasteiger partial charge < -0.3 is 19.9 Å². The van der Waals surface area contributed by atoms with Crippen LogP contribution in [0.1, 0.15) is 65.7 Å². The molecule has 2 amide bonds. The molecule has 0 radical (unpaired) electrons. The molecule has 11 nitrogen and oxygen atoms in total. The number of aryl methyl sites for hydroxylation is 1. The van der Waals surface area contributed by atoms with Crippen LogP contribution in [-0.2, 0) is 21.2 Å². The molecule has 15 heteroatoms. The van der Waals surface area contributed by atoms with E-state index < -0.39 is 22.0 Å². The summed E-state index contributed by atoms with van der Waals surface area (Å²) in [6.45, 7) is 8.11. The fourth-order valence-electron chi connectivity index (χ4n) is 4.99. The number of pyridine rings is 1. The van der Waals surface area contributed by atoms with E-state index in [-0.39, 0.29) is 34.4 Å². The Balaban J connectivity index is 0.000000591. The van der Waals surface area contributed by atoms with E-state index in [1.807, 2.05) is 32.9 Å². The van der Waals surface area contributed by atoms with Crippen molar-refractivity contribution in [3.63, 3.8) is 0 Å². The molecule has 0 spiro atoms. The third kappa shape index (κ3) is 7.18. The predicted molar refractivity (Wildman–Crippen MR) is 158 cm³/mol. The molecule has 1 atom stereocenters. The molecule has 1 fully saturated rings. The van der Waals surface area contributed by atoms with Crippen LogP contribution in [0.15, 0.2) is 35.4 Å². The van der Waals surface area contributed by atoms with Crippen LogP contribution in [0.3, 0.4) is 0 Å². The molecule has 2 aliphatic rings. The Bertz CT molecular complexity index is 1770. The molecule has 1 aromatic carbocycles. The lowest BCUT2D eigenvalue weighted by Crippen LogP contribution is -2.35. The second-order valence-corrected chi connectivity index (χ2v) is 13.6. The van der Waals surface area contributed by atoms with Crippen LogP contribution < -0.4 is 0 Å². The zero-order chi connectivity index (χ0) is 33.6. The average molecular weight is 650 g/mol. The first kappa shape index (κ1) is 33.6. The number of aromatic nitrogens is 3. The first-order chi connectivity index (χ1) is 20.8. The second kappa shape index (κ2) is 12.3. The Labute approximate surface area is 258 Å². The number of alkyl halides is 3. The minimum atomic E-state index is -5.08. The van der Waals surface area contributed by atoms with Crippen molar-refractivity contribution in [3.8, 4) is 22.6 Å². The van der Waals surface area contributed by atoms with Gasteiger partial charge in [0.1, 0.15) is 11.4 Å². The molecular weight excluding hydrogens is 615 g/mol. The van der Waals surface area contributed by atoms with Gasteiger partial charge in [0.15, 0.2) is 15.7 Å². The number of aromatic amines is 1. The van der Waals surface area contributed by atoms with E-state index >= 15 is 0 Å². The summed E-state index contributed by atoms with van der Waals surface area (Å²) >= 11 is 0. The van der Waals surface area contributed by atoms with Gasteiger partial charge in [-0.3, -0.25) is 14.6 Å². The second-order valence-electron chi connectivity index (χ2n) is 11.6. The average Bonchev–Trinajstić information content (AvgIpc) is 3.66. The van der Waals surface area contributed by atoms with E-state index in [0.717, 1.165) is 30.2 Å². The fourth-order valence-corrected chi connectivity index (χ4v) is 5.92. The number of H-pyrrole nitrogens is 1. The van der Waals surface area contributed by atoms with Crippen molar-refractivity contribution in [1.29, 1.82) is 0 Å². The smallest absolute Gasteiger partial charge is 0.475 e. The van der Waals surface area contributed by atoms with E-state index in [9.17, 15) is 31.2 Å². The molecule has 45 heavy (non-hydrogen) atoms. The highest BCUT2D eigenvalue weighted by molar-refractivity contribution is 7.90. The van der Waals surface area contributed by atoms with Crippen LogP contribution in [0, 0.1) is 12.8 Å². The molecular formula is C30H34F3N5O6S. The number of carbonyl (C=O) groups is 3. The number of rotatable bonds is 7. The number of hydrogen-bond acceptors (Lipinski definition) is 7. The van der Waals surface area contributed by atoms with Crippen LogP contribution >= 0.6 is 0 Å². The SMILES string of the molecule is Cc1[nH]c(-c2cc(-c3cc4c(c(S(C)(=O)=O)c3)C(=O)N([C@@H](C)C3CC3)C4)ccn2)nc1C(=O)N(C)C(C)C.O=C(O)C(F)(F)F. The summed E-state index contributed by atoms with van der Waals surface area (Å²) in [5.74, 6) is -2.22. The van der Waals surface area contributed by atoms with Crippen molar-refractivity contribution >= 4 is 27.6 Å². The molecule has 0 unspecified atom stereocenters. The number of sulfone groups is 1. The van der Waals surface area contributed by atoms with E-state index in [2.05, 4.69) is 15.0 Å². The lowest BCUT2D eigenvalue weighted by molar-refractivity contribution is -0.192. The Morgan fingerprint density at radius 3 is 2.29 bits per heavy atom. The summed E-state index contributed by atoms with van der Waals surface area (Å²) in [5.41, 5.74) is 3.94. The van der Waals surface area contributed by atoms with Gasteiger partial charge in [0.05, 0.1) is 10.5 Å². The van der Waals surface area contributed by atoms with Crippen molar-refractivity contribution in [2.45, 2.75) is 70.2 Å². The van der Waals surface area contributed by atoms with E-state index in [0.29, 0.717) is 40.9 Å². The number of aliphatic carboxylic acids is 1. The standard InChI is InChI=1S/C28H33N5O4S.C2HF3O2/c1-15(2)32(5)28(35)25-16(3)30-26(31-25)22-12-19(9-10-29-22)20-11-21-14-33(17(4)18-7-8-18)27(34)24(21)23(13-20)38(6,36)37;3-2(4,5)1(6)7/h9-13,15,17-18H,7-8,14H2,1-6H3,(H,30,31);(H,6,7)/t17-;/m0./s1. The Hall–Kier alpha value is -4.27. The van der Waals surface area contributed by atoms with Crippen LogP contribution in [0.5, 0.6) is 0 Å². The number of carboxylic acid groups (broad SMARTS) is 1. The van der Waals surface area contributed by atoms with Crippen LogP contribution in [0.4, 0.5) is 13.2 Å². The van der Waals surface area contributed by atoms with Crippen LogP contribution in [-0.4, -0.2) is 87.6 Å². The highest BCUT2D eigenvalue weighted by Crippen LogP contribution is 2.41. The van der Waals surface area contributed by atoms with E-state index in [4.69, 9.17) is 9.90 Å². The summed E-state index contributed by atoms with van der Waals surface area (Å²) in [4.78, 5) is 50.7. The van der Waals surface area contributed by atoms with Gasteiger partial charge in [0.2, 0.25) is 0 Å². The molecule has 2 aromatic heterocycles. The number of halogens is 3. The maximum absolute atomic E-state index is 13.3. The van der Waals surface area contributed by atoms with Crippen molar-refractivity contribution in [1.82, 2.24) is 24.8 Å². The highest BCUT2D eigenvalue weighted by atomic mass is 32.2. The molecule has 1 aliphatic carbocycles. The number of imidazole rings is 1. The number of benzene rings is 1. The molecule has 1 aliphatic heterocycles. The van der Waals surface area contributed by atoms with Crippen molar-refractivity contribution in [2.24, 2.45) is 5.92 Å². The van der Waals surface area contributed by atoms with Crippen LogP contribution in [0.25, 0.3) is 22.6 Å². The first-order valence-corrected chi connectivity index (χ1v) is 16.0. The van der Waals surface area contributed by atoms with Gasteiger partial charge in [-0.15, -0.1) is 0 Å². The predicted octanol–water partition coefficient (Wildman–Crippen LogP) is 4.72. The number of fused-ring (bicyclic) bond motifs is 1. The normalized spacial score (nSPS) is 15.4. The monoisotopic (exact) mass is 649 g/mol. The summed E-state index contributed by atoms with van der Waals surface area (Å²) in [7, 11) is -1.92. The van der Waals surface area contributed by atoms with Gasteiger partial charge in [-0.2, -0.15) is 13.2 Å². The summed E-state index contributed by atoms with van der Waals surface area (Å²) in [5, 5.41) is 7.12. The maximum atomic E-state index is 13.3. The maximum Gasteiger partial charge on any atom is 0.490 e. The zero-order valence-electron chi connectivity index (χ0n) is 25.6. The largest absolute Gasteiger partial charge is 0.490 e. The quantitative estimate of drug-likeness (QED) is 0.373. The Morgan fingerprint density at radius 2 is 1.76 bits per heavy atom. The molecule has 3 heterocycles. The lowest BCUT2D eigenvalue weighted by Gasteiger charge is -2.24. The number of hydrogen-bond donors (Lipinski definition) is 2. The van der Waals surface area contributed by atoms with Gasteiger partial charge >= 0.3 is 12.1 Å². The van der Waals surface area contributed by atoms with E-state index in [1.54, 1.807) is 42.1 Å². The topological polar surface area (TPSA) is 154 Å². The van der Waals surface area contributed by atoms with Crippen molar-refractivity contribution in [3.05, 3.63) is 53.0 Å². The summed E-state index contributed by atoms with van der Waals surface area (Å²) in [6.07, 6.45) is -0.121. The van der Waals surface area contributed by atoms with Gasteiger partial charge in [-0.25, -0.2) is 18.2 Å². The Kier molecular flexibility index (Phi) is 9.16. The van der Waals surface area contributed by atoms with Gasteiger partial charge in [-0.1, -0.05) is 0 Å². The van der Waals surface area contributed by atoms with Gasteiger partial charge in [0.25, 0.3) is 11.8 Å². The minimum Gasteiger partial charge on any atom is -0.475 e. The number of carboxylic acids is 1. The number of amides is 2. The molecule has 5 rings (SSSR count). The molecule has 1 saturated carbocycles.